The molecule has 4 rings (SSSR count). The first-order valence-electron chi connectivity index (χ1n) is 9.99. The summed E-state index contributed by atoms with van der Waals surface area (Å²) in [5.74, 6) is -0.0811. The number of allylic oxidation sites excluding steroid dienone is 1. The van der Waals surface area contributed by atoms with E-state index >= 15 is 0 Å². The van der Waals surface area contributed by atoms with Crippen molar-refractivity contribution < 1.29 is 14.7 Å². The maximum Gasteiger partial charge on any atom is 0.254 e. The van der Waals surface area contributed by atoms with Gasteiger partial charge in [-0.1, -0.05) is 54.6 Å². The molecule has 0 unspecified atom stereocenters. The Morgan fingerprint density at radius 2 is 1.76 bits per heavy atom. The lowest BCUT2D eigenvalue weighted by molar-refractivity contribution is -0.176. The molecule has 0 aliphatic carbocycles. The first-order valence-corrected chi connectivity index (χ1v) is 9.99. The van der Waals surface area contributed by atoms with Gasteiger partial charge in [0.15, 0.2) is 0 Å². The van der Waals surface area contributed by atoms with E-state index in [0.717, 1.165) is 11.1 Å². The summed E-state index contributed by atoms with van der Waals surface area (Å²) in [5, 5.41) is 10.2. The molecule has 2 heterocycles. The highest BCUT2D eigenvalue weighted by atomic mass is 16.3. The van der Waals surface area contributed by atoms with Gasteiger partial charge in [0.25, 0.3) is 5.91 Å². The minimum Gasteiger partial charge on any atom is -0.394 e. The van der Waals surface area contributed by atoms with E-state index in [1.54, 1.807) is 24.0 Å². The molecule has 5 nitrogen and oxygen atoms in total. The van der Waals surface area contributed by atoms with Gasteiger partial charge in [0, 0.05) is 31.5 Å². The molecule has 2 aromatic carbocycles. The quantitative estimate of drug-likeness (QED) is 0.873. The van der Waals surface area contributed by atoms with Crippen molar-refractivity contribution in [2.75, 3.05) is 19.7 Å². The number of hydrogen-bond acceptors (Lipinski definition) is 3. The summed E-state index contributed by atoms with van der Waals surface area (Å²) < 4.78 is 0. The van der Waals surface area contributed by atoms with Gasteiger partial charge in [0.1, 0.15) is 0 Å². The lowest BCUT2D eigenvalue weighted by Gasteiger charge is -2.70. The van der Waals surface area contributed by atoms with Crippen molar-refractivity contribution in [3.05, 3.63) is 77.4 Å². The molecular formula is C24H26N2O3. The average molecular weight is 390 g/mol. The molecule has 0 aromatic heterocycles. The first-order chi connectivity index (χ1) is 14.0. The number of nitrogens with zero attached hydrogens (tertiary/aromatic N) is 2. The van der Waals surface area contributed by atoms with Gasteiger partial charge in [-0.2, -0.15) is 0 Å². The minimum atomic E-state index is -0.464. The molecule has 2 fully saturated rings. The van der Waals surface area contributed by atoms with Crippen molar-refractivity contribution >= 4 is 17.9 Å². The molecule has 2 aliphatic heterocycles. The molecular weight excluding hydrogens is 364 g/mol. The second-order valence-electron chi connectivity index (χ2n) is 7.91. The van der Waals surface area contributed by atoms with Crippen molar-refractivity contribution in [1.29, 1.82) is 0 Å². The summed E-state index contributed by atoms with van der Waals surface area (Å²) >= 11 is 0. The zero-order valence-corrected chi connectivity index (χ0v) is 16.8. The second-order valence-corrected chi connectivity index (χ2v) is 7.91. The predicted octanol–water partition coefficient (Wildman–Crippen LogP) is 2.92. The molecule has 1 spiro atoms. The monoisotopic (exact) mass is 390 g/mol. The highest BCUT2D eigenvalue weighted by molar-refractivity contribution is 5.96. The Balaban J connectivity index is 1.69. The molecule has 0 bridgehead atoms. The molecule has 2 aromatic rings. The van der Waals surface area contributed by atoms with Crippen LogP contribution in [0.15, 0.2) is 60.7 Å². The predicted molar refractivity (Wildman–Crippen MR) is 112 cm³/mol. The van der Waals surface area contributed by atoms with Crippen molar-refractivity contribution in [2.24, 2.45) is 0 Å². The van der Waals surface area contributed by atoms with Gasteiger partial charge in [0.2, 0.25) is 5.91 Å². The average Bonchev–Trinajstić information content (AvgIpc) is 2.68. The summed E-state index contributed by atoms with van der Waals surface area (Å²) in [6.45, 7) is 4.42. The van der Waals surface area contributed by atoms with Crippen LogP contribution < -0.4 is 0 Å². The van der Waals surface area contributed by atoms with E-state index in [2.05, 4.69) is 24.3 Å². The lowest BCUT2D eigenvalue weighted by Crippen LogP contribution is -2.85. The van der Waals surface area contributed by atoms with Crippen LogP contribution in [0.1, 0.15) is 41.3 Å². The fourth-order valence-electron chi connectivity index (χ4n) is 4.89. The van der Waals surface area contributed by atoms with Crippen LogP contribution in [-0.2, 0) is 4.79 Å². The van der Waals surface area contributed by atoms with Crippen LogP contribution in [0.4, 0.5) is 0 Å². The van der Waals surface area contributed by atoms with E-state index in [-0.39, 0.29) is 30.4 Å². The molecule has 2 atom stereocenters. The Bertz CT molecular complexity index is 930. The lowest BCUT2D eigenvalue weighted by atomic mass is 9.60. The molecule has 2 saturated heterocycles. The number of carbonyl (C=O) groups is 2. The molecule has 0 radical (unpaired) electrons. The van der Waals surface area contributed by atoms with Crippen LogP contribution in [0.2, 0.25) is 0 Å². The fourth-order valence-corrected chi connectivity index (χ4v) is 4.89. The van der Waals surface area contributed by atoms with Gasteiger partial charge < -0.3 is 14.9 Å². The van der Waals surface area contributed by atoms with Gasteiger partial charge >= 0.3 is 0 Å². The molecule has 1 N–H and O–H groups in total. The van der Waals surface area contributed by atoms with Crippen molar-refractivity contribution in [1.82, 2.24) is 9.80 Å². The minimum absolute atomic E-state index is 0.00424. The van der Waals surface area contributed by atoms with E-state index in [1.165, 1.54) is 0 Å². The van der Waals surface area contributed by atoms with Gasteiger partial charge in [-0.3, -0.25) is 9.59 Å². The number of aliphatic hydroxyl groups is 1. The van der Waals surface area contributed by atoms with E-state index < -0.39 is 5.54 Å². The maximum atomic E-state index is 13.3. The summed E-state index contributed by atoms with van der Waals surface area (Å²) in [7, 11) is 0. The first kappa shape index (κ1) is 19.4. The number of hydrogen-bond donors (Lipinski definition) is 1. The Morgan fingerprint density at radius 1 is 1.10 bits per heavy atom. The van der Waals surface area contributed by atoms with Crippen molar-refractivity contribution in [3.63, 3.8) is 0 Å². The Labute approximate surface area is 171 Å². The normalized spacial score (nSPS) is 22.4. The van der Waals surface area contributed by atoms with Crippen molar-refractivity contribution in [2.45, 2.75) is 31.3 Å². The van der Waals surface area contributed by atoms with Crippen LogP contribution in [0, 0.1) is 0 Å². The van der Waals surface area contributed by atoms with Crippen LogP contribution >= 0.6 is 0 Å². The van der Waals surface area contributed by atoms with Gasteiger partial charge in [-0.25, -0.2) is 0 Å². The van der Waals surface area contributed by atoms with E-state index in [4.69, 9.17) is 0 Å². The maximum absolute atomic E-state index is 13.3. The van der Waals surface area contributed by atoms with Crippen LogP contribution in [0.3, 0.4) is 0 Å². The SMILES string of the molecule is C/C=C/c1ccc([C@H]2[C@@H](CO)N(C(=O)c3ccccc3)C23CN(C(C)=O)C3)cc1. The fraction of sp³-hybridized carbons (Fsp3) is 0.333. The molecule has 150 valence electrons. The third kappa shape index (κ3) is 3.06. The second kappa shape index (κ2) is 7.48. The number of amides is 2. The standard InChI is InChI=1S/C24H26N2O3/c1-3-7-18-10-12-19(13-11-18)22-21(14-27)26(23(29)20-8-5-4-6-9-20)24(22)15-25(16-24)17(2)28/h3-13,21-22,27H,14-16H2,1-2H3/b7-3+/t21-,22+/m1/s1. The largest absolute Gasteiger partial charge is 0.394 e. The Morgan fingerprint density at radius 3 is 2.31 bits per heavy atom. The molecule has 0 saturated carbocycles. The van der Waals surface area contributed by atoms with E-state index in [0.29, 0.717) is 18.7 Å². The Kier molecular flexibility index (Phi) is 5.01. The van der Waals surface area contributed by atoms with Crippen LogP contribution in [0.25, 0.3) is 6.08 Å². The van der Waals surface area contributed by atoms with Gasteiger partial charge in [0.05, 0.1) is 18.2 Å². The Hall–Kier alpha value is -2.92. The molecule has 2 amide bonds. The number of aliphatic hydroxyl groups excluding tert-OH is 1. The number of likely N-dealkylation sites (tertiary alicyclic amines) is 2. The van der Waals surface area contributed by atoms with Crippen LogP contribution in [0.5, 0.6) is 0 Å². The third-order valence-corrected chi connectivity index (χ3v) is 6.23. The molecule has 5 heteroatoms. The topological polar surface area (TPSA) is 60.9 Å². The number of carbonyl (C=O) groups excluding carboxylic acids is 2. The smallest absolute Gasteiger partial charge is 0.254 e. The molecule has 29 heavy (non-hydrogen) atoms. The summed E-state index contributed by atoms with van der Waals surface area (Å²) in [4.78, 5) is 28.8. The summed E-state index contributed by atoms with van der Waals surface area (Å²) in [6.07, 6.45) is 4.03. The van der Waals surface area contributed by atoms with Crippen LogP contribution in [-0.4, -0.2) is 58.0 Å². The zero-order chi connectivity index (χ0) is 20.6. The zero-order valence-electron chi connectivity index (χ0n) is 16.8. The van der Waals surface area contributed by atoms with Gasteiger partial charge in [-0.05, 0) is 30.2 Å². The molecule has 2 aliphatic rings. The number of benzene rings is 2. The van der Waals surface area contributed by atoms with Crippen molar-refractivity contribution in [3.8, 4) is 0 Å². The number of rotatable bonds is 4. The highest BCUT2D eigenvalue weighted by Crippen LogP contribution is 2.54. The van der Waals surface area contributed by atoms with E-state index in [9.17, 15) is 14.7 Å². The van der Waals surface area contributed by atoms with Gasteiger partial charge in [-0.15, -0.1) is 0 Å². The highest BCUT2D eigenvalue weighted by Gasteiger charge is 2.67. The summed E-state index contributed by atoms with van der Waals surface area (Å²) in [5.41, 5.74) is 2.35. The third-order valence-electron chi connectivity index (χ3n) is 6.23. The summed E-state index contributed by atoms with van der Waals surface area (Å²) in [6, 6.07) is 17.1. The van der Waals surface area contributed by atoms with E-state index in [1.807, 2.05) is 42.2 Å².